The van der Waals surface area contributed by atoms with Gasteiger partial charge in [0.2, 0.25) is 11.8 Å². The van der Waals surface area contributed by atoms with E-state index in [1.807, 2.05) is 13.8 Å². The maximum absolute atomic E-state index is 11.8. The molecule has 0 unspecified atom stereocenters. The van der Waals surface area contributed by atoms with Crippen molar-refractivity contribution >= 4 is 28.4 Å². The first kappa shape index (κ1) is 16.6. The lowest BCUT2D eigenvalue weighted by Gasteiger charge is -2.07. The van der Waals surface area contributed by atoms with Crippen molar-refractivity contribution in [1.82, 2.24) is 4.98 Å². The van der Waals surface area contributed by atoms with E-state index in [1.165, 1.54) is 12.1 Å². The van der Waals surface area contributed by atoms with Gasteiger partial charge in [0.05, 0.1) is 11.0 Å². The molecule has 1 amide bonds. The van der Waals surface area contributed by atoms with Crippen LogP contribution in [0.15, 0.2) is 46.9 Å². The number of amides is 1. The molecule has 1 aromatic heterocycles. The molecule has 128 valence electrons. The highest BCUT2D eigenvalue weighted by molar-refractivity contribution is 5.91. The number of nitrogens with zero attached hydrogens (tertiary/aromatic N) is 2. The first-order chi connectivity index (χ1) is 11.9. The first-order valence-corrected chi connectivity index (χ1v) is 7.87. The molecule has 0 saturated carbocycles. The van der Waals surface area contributed by atoms with Crippen LogP contribution in [0.4, 0.5) is 11.4 Å². The predicted octanol–water partition coefficient (Wildman–Crippen LogP) is 4.39. The number of hydrogen-bond donors (Lipinski definition) is 1. The predicted molar refractivity (Wildman–Crippen MR) is 94.2 cm³/mol. The monoisotopic (exact) mass is 339 g/mol. The molecule has 1 N–H and O–H groups in total. The summed E-state index contributed by atoms with van der Waals surface area (Å²) < 4.78 is 5.62. The molecular formula is C18H17N3O4. The zero-order chi connectivity index (χ0) is 18.0. The lowest BCUT2D eigenvalue weighted by molar-refractivity contribution is -0.384. The molecule has 0 bridgehead atoms. The molecule has 0 fully saturated rings. The SMILES string of the molecule is CC(C)CC(=O)Nc1ccc(-c2nc3ccc([N+](=O)[O-])cc3o2)cc1. The largest absolute Gasteiger partial charge is 0.436 e. The molecule has 0 aliphatic rings. The summed E-state index contributed by atoms with van der Waals surface area (Å²) in [6.07, 6.45) is 0.464. The lowest BCUT2D eigenvalue weighted by atomic mass is 10.1. The quantitative estimate of drug-likeness (QED) is 0.549. The van der Waals surface area contributed by atoms with Crippen LogP contribution in [0.2, 0.25) is 0 Å². The Labute approximate surface area is 143 Å². The van der Waals surface area contributed by atoms with Crippen molar-refractivity contribution in [3.63, 3.8) is 0 Å². The average Bonchev–Trinajstić information content (AvgIpc) is 2.97. The van der Waals surface area contributed by atoms with Crippen LogP contribution in [0.25, 0.3) is 22.6 Å². The number of hydrogen-bond acceptors (Lipinski definition) is 5. The fourth-order valence-electron chi connectivity index (χ4n) is 2.43. The summed E-state index contributed by atoms with van der Waals surface area (Å²) >= 11 is 0. The summed E-state index contributed by atoms with van der Waals surface area (Å²) in [5.74, 6) is 0.635. The standard InChI is InChI=1S/C18H17N3O4/c1-11(2)9-17(22)19-13-5-3-12(4-6-13)18-20-15-8-7-14(21(23)24)10-16(15)25-18/h3-8,10-11H,9H2,1-2H3,(H,19,22). The van der Waals surface area contributed by atoms with Gasteiger partial charge < -0.3 is 9.73 Å². The number of aromatic nitrogens is 1. The number of carbonyl (C=O) groups is 1. The van der Waals surface area contributed by atoms with Gasteiger partial charge in [0, 0.05) is 23.7 Å². The molecule has 0 radical (unpaired) electrons. The van der Waals surface area contributed by atoms with Crippen molar-refractivity contribution in [2.45, 2.75) is 20.3 Å². The van der Waals surface area contributed by atoms with Crippen molar-refractivity contribution in [2.24, 2.45) is 5.92 Å². The van der Waals surface area contributed by atoms with Gasteiger partial charge in [-0.05, 0) is 36.2 Å². The molecular weight excluding hydrogens is 322 g/mol. The molecule has 3 aromatic rings. The number of fused-ring (bicyclic) bond motifs is 1. The molecule has 3 rings (SSSR count). The minimum Gasteiger partial charge on any atom is -0.436 e. The molecule has 0 spiro atoms. The second-order valence-corrected chi connectivity index (χ2v) is 6.15. The summed E-state index contributed by atoms with van der Waals surface area (Å²) in [4.78, 5) is 26.5. The van der Waals surface area contributed by atoms with Crippen LogP contribution >= 0.6 is 0 Å². The number of nitro benzene ring substituents is 1. The number of rotatable bonds is 5. The van der Waals surface area contributed by atoms with E-state index in [-0.39, 0.29) is 11.6 Å². The third kappa shape index (κ3) is 3.82. The topological polar surface area (TPSA) is 98.3 Å². The zero-order valence-corrected chi connectivity index (χ0v) is 13.9. The Morgan fingerprint density at radius 1 is 1.24 bits per heavy atom. The van der Waals surface area contributed by atoms with Gasteiger partial charge in [-0.15, -0.1) is 0 Å². The normalized spacial score (nSPS) is 11.0. The molecule has 7 heteroatoms. The average molecular weight is 339 g/mol. The minimum atomic E-state index is -0.476. The van der Waals surface area contributed by atoms with Crippen molar-refractivity contribution in [3.8, 4) is 11.5 Å². The molecule has 0 aliphatic carbocycles. The van der Waals surface area contributed by atoms with Crippen molar-refractivity contribution < 1.29 is 14.1 Å². The van der Waals surface area contributed by atoms with Gasteiger partial charge >= 0.3 is 0 Å². The number of nitro groups is 1. The smallest absolute Gasteiger partial charge is 0.273 e. The van der Waals surface area contributed by atoms with E-state index < -0.39 is 4.92 Å². The number of benzene rings is 2. The van der Waals surface area contributed by atoms with E-state index in [0.717, 1.165) is 5.56 Å². The fraction of sp³-hybridized carbons (Fsp3) is 0.222. The van der Waals surface area contributed by atoms with Crippen LogP contribution in [0, 0.1) is 16.0 Å². The van der Waals surface area contributed by atoms with Crippen molar-refractivity contribution in [3.05, 3.63) is 52.6 Å². The molecule has 0 saturated heterocycles. The molecule has 0 aliphatic heterocycles. The summed E-state index contributed by atoms with van der Waals surface area (Å²) in [6.45, 7) is 3.97. The van der Waals surface area contributed by atoms with Crippen LogP contribution in [-0.4, -0.2) is 15.8 Å². The number of nitrogens with one attached hydrogen (secondary N) is 1. The van der Waals surface area contributed by atoms with Crippen molar-refractivity contribution in [1.29, 1.82) is 0 Å². The highest BCUT2D eigenvalue weighted by Crippen LogP contribution is 2.27. The minimum absolute atomic E-state index is 0.0306. The second-order valence-electron chi connectivity index (χ2n) is 6.15. The van der Waals surface area contributed by atoms with E-state index in [4.69, 9.17) is 4.42 Å². The molecule has 2 aromatic carbocycles. The number of non-ortho nitro benzene ring substituents is 1. The number of oxazole rings is 1. The Morgan fingerprint density at radius 2 is 1.96 bits per heavy atom. The number of anilines is 1. The van der Waals surface area contributed by atoms with Gasteiger partial charge in [-0.2, -0.15) is 0 Å². The molecule has 7 nitrogen and oxygen atoms in total. The van der Waals surface area contributed by atoms with Gasteiger partial charge in [0.25, 0.3) is 5.69 Å². The zero-order valence-electron chi connectivity index (χ0n) is 13.9. The van der Waals surface area contributed by atoms with Crippen LogP contribution < -0.4 is 5.32 Å². The van der Waals surface area contributed by atoms with Gasteiger partial charge in [-0.25, -0.2) is 4.98 Å². The number of carbonyl (C=O) groups excluding carboxylic acids is 1. The Balaban J connectivity index is 1.81. The highest BCUT2D eigenvalue weighted by Gasteiger charge is 2.13. The van der Waals surface area contributed by atoms with Crippen molar-refractivity contribution in [2.75, 3.05) is 5.32 Å². The molecule has 25 heavy (non-hydrogen) atoms. The highest BCUT2D eigenvalue weighted by atomic mass is 16.6. The van der Waals surface area contributed by atoms with Crippen LogP contribution in [-0.2, 0) is 4.79 Å². The molecule has 1 heterocycles. The summed E-state index contributed by atoms with van der Waals surface area (Å²) in [5.41, 5.74) is 2.29. The Morgan fingerprint density at radius 3 is 2.60 bits per heavy atom. The first-order valence-electron chi connectivity index (χ1n) is 7.87. The Kier molecular flexibility index (Phi) is 4.47. The van der Waals surface area contributed by atoms with Crippen LogP contribution in [0.1, 0.15) is 20.3 Å². The van der Waals surface area contributed by atoms with Crippen LogP contribution in [0.3, 0.4) is 0 Å². The summed E-state index contributed by atoms with van der Waals surface area (Å²) in [7, 11) is 0. The van der Waals surface area contributed by atoms with Gasteiger partial charge in [-0.1, -0.05) is 13.8 Å². The second kappa shape index (κ2) is 6.72. The van der Waals surface area contributed by atoms with E-state index >= 15 is 0 Å². The van der Waals surface area contributed by atoms with E-state index in [9.17, 15) is 14.9 Å². The Bertz CT molecular complexity index is 929. The molecule has 0 atom stereocenters. The van der Waals surface area contributed by atoms with Gasteiger partial charge in [0.15, 0.2) is 5.58 Å². The fourth-order valence-corrected chi connectivity index (χ4v) is 2.43. The maximum atomic E-state index is 11.8. The summed E-state index contributed by atoms with van der Waals surface area (Å²) in [5, 5.41) is 13.7. The third-order valence-electron chi connectivity index (χ3n) is 3.59. The van der Waals surface area contributed by atoms with Gasteiger partial charge in [0.1, 0.15) is 5.52 Å². The van der Waals surface area contributed by atoms with E-state index in [2.05, 4.69) is 10.3 Å². The third-order valence-corrected chi connectivity index (χ3v) is 3.59. The summed E-state index contributed by atoms with van der Waals surface area (Å²) in [6, 6.07) is 11.4. The van der Waals surface area contributed by atoms with Gasteiger partial charge in [-0.3, -0.25) is 14.9 Å². The van der Waals surface area contributed by atoms with E-state index in [1.54, 1.807) is 30.3 Å². The lowest BCUT2D eigenvalue weighted by Crippen LogP contribution is -2.13. The van der Waals surface area contributed by atoms with E-state index in [0.29, 0.717) is 35.0 Å². The van der Waals surface area contributed by atoms with Crippen LogP contribution in [0.5, 0.6) is 0 Å². The Hall–Kier alpha value is -3.22. The maximum Gasteiger partial charge on any atom is 0.273 e.